The van der Waals surface area contributed by atoms with Gasteiger partial charge in [-0.05, 0) is 18.6 Å². The fraction of sp³-hybridized carbons (Fsp3) is 0.176. The zero-order valence-corrected chi connectivity index (χ0v) is 13.8. The van der Waals surface area contributed by atoms with Gasteiger partial charge in [0.1, 0.15) is 11.6 Å². The van der Waals surface area contributed by atoms with Crippen LogP contribution in [0.1, 0.15) is 23.0 Å². The lowest BCUT2D eigenvalue weighted by Gasteiger charge is -2.08. The van der Waals surface area contributed by atoms with Gasteiger partial charge in [-0.15, -0.1) is 0 Å². The van der Waals surface area contributed by atoms with Gasteiger partial charge in [-0.25, -0.2) is 4.98 Å². The molecule has 0 aliphatic carbocycles. The Bertz CT molecular complexity index is 905. The first kappa shape index (κ1) is 16.6. The lowest BCUT2D eigenvalue weighted by molar-refractivity contribution is -0.384. The fourth-order valence-electron chi connectivity index (χ4n) is 2.45. The Kier molecular flexibility index (Phi) is 4.44. The number of nitrogens with two attached hydrogens (primary N) is 1. The number of hydrogen-bond acceptors (Lipinski definition) is 6. The zero-order valence-electron chi connectivity index (χ0n) is 13.8. The van der Waals surface area contributed by atoms with Gasteiger partial charge in [0.05, 0.1) is 23.6 Å². The van der Waals surface area contributed by atoms with Crippen LogP contribution in [-0.4, -0.2) is 27.2 Å². The van der Waals surface area contributed by atoms with Crippen molar-refractivity contribution in [3.8, 4) is 17.1 Å². The number of hydrogen-bond donors (Lipinski definition) is 2. The molecule has 8 heteroatoms. The van der Waals surface area contributed by atoms with Crippen molar-refractivity contribution in [1.29, 1.82) is 0 Å². The SMILES string of the molecule is COc1ccc([N+](=O)[O-])cc1-c1n[nH]c([C@@H](N)c2ccc(C)cc2)n1. The van der Waals surface area contributed by atoms with E-state index >= 15 is 0 Å². The Balaban J connectivity index is 1.97. The third-order valence-electron chi connectivity index (χ3n) is 3.87. The van der Waals surface area contributed by atoms with Crippen LogP contribution in [0.4, 0.5) is 5.69 Å². The molecular formula is C17H17N5O3. The molecular weight excluding hydrogens is 322 g/mol. The van der Waals surface area contributed by atoms with Crippen molar-refractivity contribution in [1.82, 2.24) is 15.2 Å². The molecule has 0 fully saturated rings. The van der Waals surface area contributed by atoms with Crippen molar-refractivity contribution in [2.24, 2.45) is 5.73 Å². The topological polar surface area (TPSA) is 120 Å². The third kappa shape index (κ3) is 3.33. The minimum absolute atomic E-state index is 0.0648. The summed E-state index contributed by atoms with van der Waals surface area (Å²) in [6.07, 6.45) is 0. The summed E-state index contributed by atoms with van der Waals surface area (Å²) in [7, 11) is 1.48. The highest BCUT2D eigenvalue weighted by Crippen LogP contribution is 2.31. The summed E-state index contributed by atoms with van der Waals surface area (Å²) in [4.78, 5) is 14.9. The molecule has 8 nitrogen and oxygen atoms in total. The predicted molar refractivity (Wildman–Crippen MR) is 92.2 cm³/mol. The normalized spacial score (nSPS) is 12.0. The molecule has 3 N–H and O–H groups in total. The lowest BCUT2D eigenvalue weighted by atomic mass is 10.1. The van der Waals surface area contributed by atoms with Crippen LogP contribution in [0.3, 0.4) is 0 Å². The number of non-ortho nitro benzene ring substituents is 1. The van der Waals surface area contributed by atoms with E-state index in [1.807, 2.05) is 31.2 Å². The van der Waals surface area contributed by atoms with E-state index in [0.717, 1.165) is 11.1 Å². The van der Waals surface area contributed by atoms with E-state index in [1.165, 1.54) is 25.3 Å². The highest BCUT2D eigenvalue weighted by atomic mass is 16.6. The fourth-order valence-corrected chi connectivity index (χ4v) is 2.45. The summed E-state index contributed by atoms with van der Waals surface area (Å²) in [6, 6.07) is 11.6. The van der Waals surface area contributed by atoms with Gasteiger partial charge in [0, 0.05) is 12.1 Å². The van der Waals surface area contributed by atoms with E-state index < -0.39 is 11.0 Å². The number of benzene rings is 2. The molecule has 1 aromatic heterocycles. The highest BCUT2D eigenvalue weighted by Gasteiger charge is 2.19. The zero-order chi connectivity index (χ0) is 18.0. The van der Waals surface area contributed by atoms with Crippen LogP contribution in [0.15, 0.2) is 42.5 Å². The number of aryl methyl sites for hydroxylation is 1. The standard InChI is InChI=1S/C17H17N5O3/c1-10-3-5-11(6-4-10)15(18)17-19-16(20-21-17)13-9-12(22(23)24)7-8-14(13)25-2/h3-9,15H,18H2,1-2H3,(H,19,20,21)/t15-/m0/s1. The average molecular weight is 339 g/mol. The monoisotopic (exact) mass is 339 g/mol. The van der Waals surface area contributed by atoms with E-state index in [4.69, 9.17) is 10.5 Å². The minimum atomic E-state index is -0.480. The number of ether oxygens (including phenoxy) is 1. The summed E-state index contributed by atoms with van der Waals surface area (Å²) in [5.74, 6) is 1.20. The van der Waals surface area contributed by atoms with Crippen LogP contribution in [0.25, 0.3) is 11.4 Å². The average Bonchev–Trinajstić information content (AvgIpc) is 3.11. The van der Waals surface area contributed by atoms with E-state index in [1.54, 1.807) is 0 Å². The van der Waals surface area contributed by atoms with E-state index in [0.29, 0.717) is 17.1 Å². The second kappa shape index (κ2) is 6.70. The van der Waals surface area contributed by atoms with Crippen molar-refractivity contribution in [3.05, 3.63) is 69.5 Å². The Hall–Kier alpha value is -3.26. The molecule has 0 saturated carbocycles. The molecule has 0 radical (unpaired) electrons. The van der Waals surface area contributed by atoms with Gasteiger partial charge in [0.15, 0.2) is 5.82 Å². The van der Waals surface area contributed by atoms with Gasteiger partial charge in [0.25, 0.3) is 5.69 Å². The van der Waals surface area contributed by atoms with Gasteiger partial charge in [-0.3, -0.25) is 15.2 Å². The van der Waals surface area contributed by atoms with Crippen molar-refractivity contribution in [2.45, 2.75) is 13.0 Å². The van der Waals surface area contributed by atoms with Gasteiger partial charge in [-0.1, -0.05) is 29.8 Å². The van der Waals surface area contributed by atoms with Gasteiger partial charge in [0.2, 0.25) is 0 Å². The second-order valence-electron chi connectivity index (χ2n) is 5.57. The molecule has 3 rings (SSSR count). The number of nitrogens with one attached hydrogen (secondary N) is 1. The minimum Gasteiger partial charge on any atom is -0.496 e. The number of nitrogens with zero attached hydrogens (tertiary/aromatic N) is 3. The molecule has 3 aromatic rings. The molecule has 1 atom stereocenters. The summed E-state index contributed by atoms with van der Waals surface area (Å²) < 4.78 is 5.25. The first-order valence-corrected chi connectivity index (χ1v) is 7.57. The number of rotatable bonds is 5. The van der Waals surface area contributed by atoms with Crippen LogP contribution < -0.4 is 10.5 Å². The van der Waals surface area contributed by atoms with Gasteiger partial charge < -0.3 is 10.5 Å². The summed E-state index contributed by atoms with van der Waals surface area (Å²) in [6.45, 7) is 2.00. The highest BCUT2D eigenvalue weighted by molar-refractivity contribution is 5.67. The molecule has 0 amide bonds. The van der Waals surface area contributed by atoms with Crippen molar-refractivity contribution >= 4 is 5.69 Å². The first-order valence-electron chi connectivity index (χ1n) is 7.57. The molecule has 0 unspecified atom stereocenters. The molecule has 2 aromatic carbocycles. The number of nitro groups is 1. The summed E-state index contributed by atoms with van der Waals surface area (Å²) >= 11 is 0. The van der Waals surface area contributed by atoms with Crippen LogP contribution in [0.5, 0.6) is 5.75 Å². The van der Waals surface area contributed by atoms with Crippen molar-refractivity contribution < 1.29 is 9.66 Å². The smallest absolute Gasteiger partial charge is 0.270 e. The van der Waals surface area contributed by atoms with Crippen LogP contribution in [0, 0.1) is 17.0 Å². The number of H-pyrrole nitrogens is 1. The number of aromatic nitrogens is 3. The molecule has 0 saturated heterocycles. The summed E-state index contributed by atoms with van der Waals surface area (Å²) in [5, 5.41) is 18.0. The first-order chi connectivity index (χ1) is 12.0. The second-order valence-corrected chi connectivity index (χ2v) is 5.57. The van der Waals surface area contributed by atoms with E-state index in [-0.39, 0.29) is 11.5 Å². The van der Waals surface area contributed by atoms with Crippen molar-refractivity contribution in [3.63, 3.8) is 0 Å². The number of methoxy groups -OCH3 is 1. The molecule has 0 aliphatic heterocycles. The molecule has 0 spiro atoms. The molecule has 0 bridgehead atoms. The molecule has 128 valence electrons. The predicted octanol–water partition coefficient (Wildman–Crippen LogP) is 2.75. The Morgan fingerprint density at radius 3 is 2.60 bits per heavy atom. The largest absolute Gasteiger partial charge is 0.496 e. The van der Waals surface area contributed by atoms with E-state index in [9.17, 15) is 10.1 Å². The van der Waals surface area contributed by atoms with Crippen molar-refractivity contribution in [2.75, 3.05) is 7.11 Å². The van der Waals surface area contributed by atoms with Gasteiger partial charge in [-0.2, -0.15) is 5.10 Å². The molecule has 1 heterocycles. The van der Waals surface area contributed by atoms with E-state index in [2.05, 4.69) is 15.2 Å². The van der Waals surface area contributed by atoms with Crippen LogP contribution >= 0.6 is 0 Å². The molecule has 25 heavy (non-hydrogen) atoms. The number of aromatic amines is 1. The Morgan fingerprint density at radius 2 is 1.96 bits per heavy atom. The van der Waals surface area contributed by atoms with Crippen LogP contribution in [-0.2, 0) is 0 Å². The quantitative estimate of drug-likeness (QED) is 0.545. The third-order valence-corrected chi connectivity index (χ3v) is 3.87. The Labute approximate surface area is 143 Å². The van der Waals surface area contributed by atoms with Crippen LogP contribution in [0.2, 0.25) is 0 Å². The maximum Gasteiger partial charge on any atom is 0.270 e. The molecule has 0 aliphatic rings. The maximum absolute atomic E-state index is 11.0. The number of nitro benzene ring substituents is 1. The Morgan fingerprint density at radius 1 is 1.24 bits per heavy atom. The lowest BCUT2D eigenvalue weighted by Crippen LogP contribution is -2.13. The summed E-state index contributed by atoms with van der Waals surface area (Å²) in [5.41, 5.74) is 8.62. The maximum atomic E-state index is 11.0. The van der Waals surface area contributed by atoms with Gasteiger partial charge >= 0.3 is 0 Å².